The van der Waals surface area contributed by atoms with Crippen molar-refractivity contribution in [2.45, 2.75) is 22.0 Å². The molecule has 1 N–H and O–H groups in total. The van der Waals surface area contributed by atoms with Crippen LogP contribution in [0.4, 0.5) is 0 Å². The van der Waals surface area contributed by atoms with Gasteiger partial charge in [0.05, 0.1) is 9.79 Å². The minimum absolute atomic E-state index is 0.0180. The molecule has 0 fully saturated rings. The molecule has 1 atom stereocenters. The Hall–Kier alpha value is -2.95. The van der Waals surface area contributed by atoms with Crippen molar-refractivity contribution in [3.8, 4) is 11.5 Å². The first-order valence-electron chi connectivity index (χ1n) is 9.37. The van der Waals surface area contributed by atoms with Crippen molar-refractivity contribution in [3.05, 3.63) is 78.1 Å². The number of aromatic nitrogens is 1. The zero-order valence-corrected chi connectivity index (χ0v) is 18.2. The smallest absolute Gasteiger partial charge is 0.240 e. The Kier molecular flexibility index (Phi) is 5.69. The normalized spacial score (nSPS) is 14.4. The maximum Gasteiger partial charge on any atom is 0.240 e. The molecule has 4 rings (SSSR count). The second kappa shape index (κ2) is 8.29. The van der Waals surface area contributed by atoms with Crippen molar-refractivity contribution in [2.24, 2.45) is 0 Å². The zero-order chi connectivity index (χ0) is 22.1. The van der Waals surface area contributed by atoms with Crippen LogP contribution in [0.2, 0.25) is 0 Å². The van der Waals surface area contributed by atoms with E-state index in [4.69, 9.17) is 9.47 Å². The lowest BCUT2D eigenvalue weighted by molar-refractivity contribution is 0.174. The van der Waals surface area contributed by atoms with Gasteiger partial charge in [-0.2, -0.15) is 0 Å². The third-order valence-corrected chi connectivity index (χ3v) is 8.43. The topological polar surface area (TPSA) is 112 Å². The van der Waals surface area contributed by atoms with E-state index in [2.05, 4.69) is 9.71 Å². The number of pyridine rings is 1. The molecule has 1 aliphatic heterocycles. The maximum atomic E-state index is 13.4. The van der Waals surface area contributed by atoms with Gasteiger partial charge in [-0.15, -0.1) is 0 Å². The molecule has 1 aliphatic rings. The van der Waals surface area contributed by atoms with E-state index in [9.17, 15) is 16.8 Å². The zero-order valence-electron chi connectivity index (χ0n) is 16.6. The van der Waals surface area contributed by atoms with E-state index >= 15 is 0 Å². The summed E-state index contributed by atoms with van der Waals surface area (Å²) >= 11 is 0. The average Bonchev–Trinajstić information content (AvgIpc) is 3.23. The Morgan fingerprint density at radius 1 is 0.968 bits per heavy atom. The predicted octanol–water partition coefficient (Wildman–Crippen LogP) is 2.61. The van der Waals surface area contributed by atoms with Gasteiger partial charge in [0.25, 0.3) is 0 Å². The van der Waals surface area contributed by atoms with Crippen LogP contribution in [0.5, 0.6) is 11.5 Å². The number of fused-ring (bicyclic) bond motifs is 1. The molecule has 0 radical (unpaired) electrons. The van der Waals surface area contributed by atoms with Crippen molar-refractivity contribution in [1.29, 1.82) is 0 Å². The molecule has 3 aromatic rings. The largest absolute Gasteiger partial charge is 0.454 e. The van der Waals surface area contributed by atoms with Gasteiger partial charge >= 0.3 is 0 Å². The minimum atomic E-state index is -4.00. The summed E-state index contributed by atoms with van der Waals surface area (Å²) in [6.45, 7) is 1.51. The van der Waals surface area contributed by atoms with Crippen LogP contribution < -0.4 is 14.2 Å². The average molecular weight is 461 g/mol. The van der Waals surface area contributed by atoms with Crippen LogP contribution in [-0.4, -0.2) is 35.2 Å². The van der Waals surface area contributed by atoms with Crippen molar-refractivity contribution >= 4 is 19.9 Å². The molecule has 0 saturated carbocycles. The number of hydrogen-bond acceptors (Lipinski definition) is 7. The molecular formula is C21H20N2O6S2. The number of aryl methyl sites for hydroxylation is 1. The highest BCUT2D eigenvalue weighted by Crippen LogP contribution is 2.34. The molecule has 2 heterocycles. The highest BCUT2D eigenvalue weighted by molar-refractivity contribution is 7.92. The lowest BCUT2D eigenvalue weighted by Gasteiger charge is -2.19. The summed E-state index contributed by atoms with van der Waals surface area (Å²) in [4.78, 5) is 4.06. The van der Waals surface area contributed by atoms with Gasteiger partial charge in [-0.05, 0) is 42.8 Å². The van der Waals surface area contributed by atoms with Gasteiger partial charge in [0, 0.05) is 25.0 Å². The van der Waals surface area contributed by atoms with Crippen molar-refractivity contribution in [1.82, 2.24) is 9.71 Å². The van der Waals surface area contributed by atoms with Crippen LogP contribution in [0.3, 0.4) is 0 Å². The lowest BCUT2D eigenvalue weighted by Crippen LogP contribution is -2.32. The molecule has 1 aromatic heterocycles. The quantitative estimate of drug-likeness (QED) is 0.577. The summed E-state index contributed by atoms with van der Waals surface area (Å²) in [6.07, 6.45) is 2.95. The number of rotatable bonds is 7. The molecule has 0 aliphatic carbocycles. The second-order valence-corrected chi connectivity index (χ2v) is 10.9. The number of sulfone groups is 1. The number of nitrogens with one attached hydrogen (secondary N) is 1. The highest BCUT2D eigenvalue weighted by atomic mass is 32.2. The third kappa shape index (κ3) is 4.41. The molecule has 0 bridgehead atoms. The summed E-state index contributed by atoms with van der Waals surface area (Å²) in [7, 11) is -7.90. The molecular weight excluding hydrogens is 440 g/mol. The van der Waals surface area contributed by atoms with Gasteiger partial charge in [-0.3, -0.25) is 4.98 Å². The molecule has 0 saturated heterocycles. The third-order valence-electron chi connectivity index (χ3n) is 4.89. The van der Waals surface area contributed by atoms with E-state index < -0.39 is 25.1 Å². The van der Waals surface area contributed by atoms with Gasteiger partial charge in [0.15, 0.2) is 21.3 Å². The van der Waals surface area contributed by atoms with Crippen LogP contribution in [0.15, 0.2) is 76.8 Å². The first kappa shape index (κ1) is 21.3. The van der Waals surface area contributed by atoms with E-state index in [1.54, 1.807) is 24.3 Å². The number of sulfonamides is 1. The second-order valence-electron chi connectivity index (χ2n) is 7.00. The maximum absolute atomic E-state index is 13.4. The van der Waals surface area contributed by atoms with Gasteiger partial charge in [-0.1, -0.05) is 23.8 Å². The minimum Gasteiger partial charge on any atom is -0.454 e. The molecule has 10 heteroatoms. The van der Waals surface area contributed by atoms with Crippen molar-refractivity contribution in [2.75, 3.05) is 13.3 Å². The first-order valence-corrected chi connectivity index (χ1v) is 12.4. The Balaban J connectivity index is 1.65. The first-order chi connectivity index (χ1) is 14.8. The Morgan fingerprint density at radius 3 is 2.39 bits per heavy atom. The van der Waals surface area contributed by atoms with Crippen LogP contribution in [0, 0.1) is 6.92 Å². The van der Waals surface area contributed by atoms with Gasteiger partial charge < -0.3 is 9.47 Å². The summed E-state index contributed by atoms with van der Waals surface area (Å²) in [5, 5.41) is -1.16. The summed E-state index contributed by atoms with van der Waals surface area (Å²) in [6, 6.07) is 13.9. The summed E-state index contributed by atoms with van der Waals surface area (Å²) in [5.41, 5.74) is 1.30. The van der Waals surface area contributed by atoms with Crippen LogP contribution in [-0.2, 0) is 19.9 Å². The van der Waals surface area contributed by atoms with E-state index in [1.165, 1.54) is 42.7 Å². The Morgan fingerprint density at radius 2 is 1.68 bits per heavy atom. The molecule has 0 amide bonds. The molecule has 1 unspecified atom stereocenters. The van der Waals surface area contributed by atoms with E-state index in [1.807, 2.05) is 6.92 Å². The standard InChI is InChI=1S/C21H20N2O6S2/c1-15-4-6-17(7-5-15)30(24,25)21(16-3-2-10-22-12-16)13-23-31(26,27)18-8-9-19-20(11-18)29-14-28-19/h2-12,21,23H,13-14H2,1H3. The predicted molar refractivity (Wildman–Crippen MR) is 113 cm³/mol. The Labute approximate surface area is 180 Å². The van der Waals surface area contributed by atoms with Crippen LogP contribution in [0.1, 0.15) is 16.4 Å². The highest BCUT2D eigenvalue weighted by Gasteiger charge is 2.31. The SMILES string of the molecule is Cc1ccc(S(=O)(=O)C(CNS(=O)(=O)c2ccc3c(c2)OCO3)c2cccnc2)cc1. The number of nitrogens with zero attached hydrogens (tertiary/aromatic N) is 1. The fourth-order valence-electron chi connectivity index (χ4n) is 3.18. The van der Waals surface area contributed by atoms with Gasteiger partial charge in [-0.25, -0.2) is 21.6 Å². The number of ether oxygens (including phenoxy) is 2. The summed E-state index contributed by atoms with van der Waals surface area (Å²) < 4.78 is 65.3. The van der Waals surface area contributed by atoms with E-state index in [-0.39, 0.29) is 23.1 Å². The molecule has 8 nitrogen and oxygen atoms in total. The van der Waals surface area contributed by atoms with Crippen LogP contribution >= 0.6 is 0 Å². The Bertz CT molecular complexity index is 1290. The fourth-order valence-corrected chi connectivity index (χ4v) is 5.99. The molecule has 31 heavy (non-hydrogen) atoms. The molecule has 2 aromatic carbocycles. The van der Waals surface area contributed by atoms with E-state index in [0.717, 1.165) is 5.56 Å². The van der Waals surface area contributed by atoms with Crippen LogP contribution in [0.25, 0.3) is 0 Å². The van der Waals surface area contributed by atoms with Crippen molar-refractivity contribution < 1.29 is 26.3 Å². The lowest BCUT2D eigenvalue weighted by atomic mass is 10.2. The van der Waals surface area contributed by atoms with Gasteiger partial charge in [0.2, 0.25) is 16.8 Å². The molecule has 162 valence electrons. The number of benzene rings is 2. The van der Waals surface area contributed by atoms with Gasteiger partial charge in [0.1, 0.15) is 5.25 Å². The monoisotopic (exact) mass is 460 g/mol. The van der Waals surface area contributed by atoms with E-state index in [0.29, 0.717) is 17.1 Å². The number of hydrogen-bond donors (Lipinski definition) is 1. The fraction of sp³-hybridized carbons (Fsp3) is 0.190. The summed E-state index contributed by atoms with van der Waals surface area (Å²) in [5.74, 6) is 0.771. The molecule has 0 spiro atoms. The van der Waals surface area contributed by atoms with Crippen molar-refractivity contribution in [3.63, 3.8) is 0 Å².